The number of nitrogen functional groups attached to an aromatic ring is 1. The van der Waals surface area contributed by atoms with Gasteiger partial charge < -0.3 is 5.73 Å². The van der Waals surface area contributed by atoms with E-state index in [0.29, 0.717) is 0 Å². The molecule has 0 fully saturated rings. The Balaban J connectivity index is 2.56. The minimum Gasteiger partial charge on any atom is -0.399 e. The lowest BCUT2D eigenvalue weighted by molar-refractivity contribution is 0.597. The molecule has 2 N–H and O–H groups in total. The van der Waals surface area contributed by atoms with Crippen LogP contribution >= 0.6 is 11.3 Å². The van der Waals surface area contributed by atoms with Crippen LogP contribution in [0.15, 0.2) is 34.4 Å². The third kappa shape index (κ3) is 1.88. The highest BCUT2D eigenvalue weighted by Crippen LogP contribution is 2.23. The van der Waals surface area contributed by atoms with E-state index in [1.54, 1.807) is 4.57 Å². The number of nitrogens with zero attached hydrogens (tertiary/aromatic N) is 1. The van der Waals surface area contributed by atoms with E-state index in [-0.39, 0.29) is 10.9 Å². The maximum absolute atomic E-state index is 11.7. The van der Waals surface area contributed by atoms with Gasteiger partial charge in [-0.05, 0) is 31.5 Å². The SMILES string of the molecule is CC(C)n1c(-c2ccc(N)cc2)csc1=O. The van der Waals surface area contributed by atoms with Crippen LogP contribution in [-0.2, 0) is 0 Å². The van der Waals surface area contributed by atoms with Gasteiger partial charge in [-0.25, -0.2) is 0 Å². The highest BCUT2D eigenvalue weighted by molar-refractivity contribution is 7.07. The van der Waals surface area contributed by atoms with Crippen molar-refractivity contribution >= 4 is 17.0 Å². The fourth-order valence-electron chi connectivity index (χ4n) is 1.67. The molecule has 0 aliphatic rings. The average molecular weight is 234 g/mol. The topological polar surface area (TPSA) is 48.0 Å². The summed E-state index contributed by atoms with van der Waals surface area (Å²) >= 11 is 1.23. The molecule has 1 heterocycles. The van der Waals surface area contributed by atoms with Crippen LogP contribution in [0.25, 0.3) is 11.3 Å². The summed E-state index contributed by atoms with van der Waals surface area (Å²) in [7, 11) is 0. The van der Waals surface area contributed by atoms with Crippen LogP contribution in [0.4, 0.5) is 5.69 Å². The average Bonchev–Trinajstić information content (AvgIpc) is 2.61. The molecule has 0 atom stereocenters. The Bertz CT molecular complexity index is 537. The minimum atomic E-state index is 0.0850. The van der Waals surface area contributed by atoms with Gasteiger partial charge in [-0.3, -0.25) is 9.36 Å². The van der Waals surface area contributed by atoms with Crippen molar-refractivity contribution in [3.8, 4) is 11.3 Å². The number of aromatic nitrogens is 1. The number of benzene rings is 1. The van der Waals surface area contributed by atoms with Crippen molar-refractivity contribution in [2.45, 2.75) is 19.9 Å². The predicted octanol–water partition coefficient (Wildman–Crippen LogP) is 2.74. The molecule has 0 radical (unpaired) electrons. The summed E-state index contributed by atoms with van der Waals surface area (Å²) in [5.74, 6) is 0. The molecular weight excluding hydrogens is 220 g/mol. The summed E-state index contributed by atoms with van der Waals surface area (Å²) in [6.45, 7) is 4.02. The first kappa shape index (κ1) is 11.0. The maximum Gasteiger partial charge on any atom is 0.307 e. The summed E-state index contributed by atoms with van der Waals surface area (Å²) in [4.78, 5) is 11.8. The zero-order valence-corrected chi connectivity index (χ0v) is 10.1. The van der Waals surface area contributed by atoms with Gasteiger partial charge >= 0.3 is 4.87 Å². The van der Waals surface area contributed by atoms with E-state index >= 15 is 0 Å². The Morgan fingerprint density at radius 2 is 1.88 bits per heavy atom. The van der Waals surface area contributed by atoms with Crippen LogP contribution in [0.3, 0.4) is 0 Å². The van der Waals surface area contributed by atoms with Crippen molar-refractivity contribution < 1.29 is 0 Å². The fraction of sp³-hybridized carbons (Fsp3) is 0.250. The number of rotatable bonds is 2. The van der Waals surface area contributed by atoms with Gasteiger partial charge in [0.25, 0.3) is 0 Å². The first-order valence-electron chi connectivity index (χ1n) is 5.15. The van der Waals surface area contributed by atoms with E-state index in [2.05, 4.69) is 0 Å². The lowest BCUT2D eigenvalue weighted by atomic mass is 10.1. The molecule has 4 heteroatoms. The highest BCUT2D eigenvalue weighted by atomic mass is 32.1. The van der Waals surface area contributed by atoms with E-state index < -0.39 is 0 Å². The first-order valence-corrected chi connectivity index (χ1v) is 6.03. The van der Waals surface area contributed by atoms with Crippen LogP contribution in [0, 0.1) is 0 Å². The third-order valence-electron chi connectivity index (χ3n) is 2.45. The maximum atomic E-state index is 11.7. The Kier molecular flexibility index (Phi) is 2.83. The summed E-state index contributed by atoms with van der Waals surface area (Å²) in [6.07, 6.45) is 0. The van der Waals surface area contributed by atoms with Crippen LogP contribution < -0.4 is 10.6 Å². The molecule has 16 heavy (non-hydrogen) atoms. The molecule has 1 aromatic carbocycles. The van der Waals surface area contributed by atoms with Crippen molar-refractivity contribution in [3.05, 3.63) is 39.3 Å². The largest absolute Gasteiger partial charge is 0.399 e. The summed E-state index contributed by atoms with van der Waals surface area (Å²) < 4.78 is 1.80. The Morgan fingerprint density at radius 1 is 1.25 bits per heavy atom. The predicted molar refractivity (Wildman–Crippen MR) is 68.8 cm³/mol. The van der Waals surface area contributed by atoms with Crippen LogP contribution in [-0.4, -0.2) is 4.57 Å². The lowest BCUT2D eigenvalue weighted by Gasteiger charge is -2.11. The van der Waals surface area contributed by atoms with Gasteiger partial charge in [-0.2, -0.15) is 0 Å². The van der Waals surface area contributed by atoms with Gasteiger partial charge in [0, 0.05) is 17.1 Å². The second kappa shape index (κ2) is 4.14. The lowest BCUT2D eigenvalue weighted by Crippen LogP contribution is -2.16. The van der Waals surface area contributed by atoms with Crippen molar-refractivity contribution in [1.82, 2.24) is 4.57 Å². The van der Waals surface area contributed by atoms with Crippen molar-refractivity contribution in [1.29, 1.82) is 0 Å². The van der Waals surface area contributed by atoms with E-state index in [0.717, 1.165) is 16.9 Å². The second-order valence-corrected chi connectivity index (χ2v) is 4.79. The van der Waals surface area contributed by atoms with Gasteiger partial charge in [0.05, 0.1) is 5.69 Å². The molecule has 2 rings (SSSR count). The zero-order chi connectivity index (χ0) is 11.7. The summed E-state index contributed by atoms with van der Waals surface area (Å²) in [6, 6.07) is 7.75. The van der Waals surface area contributed by atoms with Crippen molar-refractivity contribution in [3.63, 3.8) is 0 Å². The normalized spacial score (nSPS) is 10.9. The molecular formula is C12H14N2OS. The van der Waals surface area contributed by atoms with Gasteiger partial charge in [-0.15, -0.1) is 0 Å². The standard InChI is InChI=1S/C12H14N2OS/c1-8(2)14-11(7-16-12(14)15)9-3-5-10(13)6-4-9/h3-8H,13H2,1-2H3. The molecule has 0 spiro atoms. The molecule has 2 aromatic rings. The van der Waals surface area contributed by atoms with Gasteiger partial charge in [0.2, 0.25) is 0 Å². The molecule has 1 aromatic heterocycles. The van der Waals surface area contributed by atoms with Gasteiger partial charge in [-0.1, -0.05) is 23.5 Å². The Morgan fingerprint density at radius 3 is 2.44 bits per heavy atom. The van der Waals surface area contributed by atoms with E-state index in [9.17, 15) is 4.79 Å². The van der Waals surface area contributed by atoms with Crippen LogP contribution in [0.5, 0.6) is 0 Å². The van der Waals surface area contributed by atoms with Crippen LogP contribution in [0.2, 0.25) is 0 Å². The third-order valence-corrected chi connectivity index (χ3v) is 3.19. The quantitative estimate of drug-likeness (QED) is 0.812. The molecule has 0 unspecified atom stereocenters. The van der Waals surface area contributed by atoms with Crippen LogP contribution in [0.1, 0.15) is 19.9 Å². The van der Waals surface area contributed by atoms with Crippen molar-refractivity contribution in [2.75, 3.05) is 5.73 Å². The van der Waals surface area contributed by atoms with Crippen molar-refractivity contribution in [2.24, 2.45) is 0 Å². The molecule has 0 amide bonds. The number of thiazole rings is 1. The molecule has 0 bridgehead atoms. The van der Waals surface area contributed by atoms with E-state index in [1.165, 1.54) is 11.3 Å². The second-order valence-electron chi connectivity index (χ2n) is 3.97. The molecule has 0 saturated heterocycles. The smallest absolute Gasteiger partial charge is 0.307 e. The number of nitrogens with two attached hydrogens (primary N) is 1. The molecule has 0 saturated carbocycles. The number of anilines is 1. The first-order chi connectivity index (χ1) is 7.59. The fourth-order valence-corrected chi connectivity index (χ4v) is 2.55. The highest BCUT2D eigenvalue weighted by Gasteiger charge is 2.11. The van der Waals surface area contributed by atoms with E-state index in [1.807, 2.05) is 43.5 Å². The van der Waals surface area contributed by atoms with E-state index in [4.69, 9.17) is 5.73 Å². The monoisotopic (exact) mass is 234 g/mol. The number of hydrogen-bond donors (Lipinski definition) is 1. The molecule has 0 aliphatic carbocycles. The van der Waals surface area contributed by atoms with Gasteiger partial charge in [0.15, 0.2) is 0 Å². The minimum absolute atomic E-state index is 0.0850. The Hall–Kier alpha value is -1.55. The zero-order valence-electron chi connectivity index (χ0n) is 9.31. The molecule has 84 valence electrons. The number of hydrogen-bond acceptors (Lipinski definition) is 3. The summed E-state index contributed by atoms with van der Waals surface area (Å²) in [5.41, 5.74) is 8.37. The Labute approximate surface area is 98.2 Å². The van der Waals surface area contributed by atoms with Gasteiger partial charge in [0.1, 0.15) is 0 Å². The summed E-state index contributed by atoms with van der Waals surface area (Å²) in [5, 5.41) is 1.90. The molecule has 3 nitrogen and oxygen atoms in total. The molecule has 0 aliphatic heterocycles.